The van der Waals surface area contributed by atoms with Gasteiger partial charge in [0.2, 0.25) is 0 Å². The second-order valence-electron chi connectivity index (χ2n) is 4.78. The fourth-order valence-corrected chi connectivity index (χ4v) is 2.44. The summed E-state index contributed by atoms with van der Waals surface area (Å²) in [5.74, 6) is 1.36. The summed E-state index contributed by atoms with van der Waals surface area (Å²) in [7, 11) is 0. The van der Waals surface area contributed by atoms with Crippen molar-refractivity contribution in [3.8, 4) is 5.75 Å². The monoisotopic (exact) mass is 249 g/mol. The van der Waals surface area contributed by atoms with Gasteiger partial charge in [0.05, 0.1) is 32.5 Å². The van der Waals surface area contributed by atoms with Crippen LogP contribution in [0.3, 0.4) is 0 Å². The molecule has 0 radical (unpaired) electrons. The number of para-hydroxylation sites is 1. The number of morpholine rings is 1. The van der Waals surface area contributed by atoms with Gasteiger partial charge in [0, 0.05) is 24.6 Å². The molecule has 0 amide bonds. The zero-order valence-corrected chi connectivity index (χ0v) is 10.4. The van der Waals surface area contributed by atoms with Gasteiger partial charge in [-0.05, 0) is 6.07 Å². The summed E-state index contributed by atoms with van der Waals surface area (Å²) in [6, 6.07) is 8.19. The molecule has 2 heterocycles. The quantitative estimate of drug-likeness (QED) is 0.869. The van der Waals surface area contributed by atoms with Gasteiger partial charge in [-0.3, -0.25) is 0 Å². The van der Waals surface area contributed by atoms with Crippen molar-refractivity contribution in [2.75, 3.05) is 39.5 Å². The van der Waals surface area contributed by atoms with Gasteiger partial charge in [-0.1, -0.05) is 18.2 Å². The van der Waals surface area contributed by atoms with Crippen molar-refractivity contribution in [1.82, 2.24) is 5.32 Å². The highest BCUT2D eigenvalue weighted by Crippen LogP contribution is 2.33. The molecule has 2 atom stereocenters. The molecule has 1 N–H and O–H groups in total. The summed E-state index contributed by atoms with van der Waals surface area (Å²) in [5, 5.41) is 3.30. The first kappa shape index (κ1) is 12.0. The Morgan fingerprint density at radius 2 is 2.22 bits per heavy atom. The molecule has 98 valence electrons. The van der Waals surface area contributed by atoms with Crippen LogP contribution < -0.4 is 10.1 Å². The Morgan fingerprint density at radius 3 is 3.11 bits per heavy atom. The number of nitrogens with one attached hydrogen (secondary N) is 1. The Bertz CT molecular complexity index is 390. The predicted octanol–water partition coefficient (Wildman–Crippen LogP) is 1.17. The highest BCUT2D eigenvalue weighted by atomic mass is 16.5. The van der Waals surface area contributed by atoms with Crippen molar-refractivity contribution in [2.45, 2.75) is 12.0 Å². The smallest absolute Gasteiger partial charge is 0.123 e. The Kier molecular flexibility index (Phi) is 3.78. The molecule has 1 fully saturated rings. The molecule has 18 heavy (non-hydrogen) atoms. The number of benzene rings is 1. The lowest BCUT2D eigenvalue weighted by molar-refractivity contribution is -0.0345. The Hall–Kier alpha value is -1.10. The van der Waals surface area contributed by atoms with E-state index in [-0.39, 0.29) is 6.10 Å². The fraction of sp³-hybridized carbons (Fsp3) is 0.571. The minimum Gasteiger partial charge on any atom is -0.493 e. The van der Waals surface area contributed by atoms with Crippen molar-refractivity contribution < 1.29 is 14.2 Å². The van der Waals surface area contributed by atoms with Crippen LogP contribution in [0.2, 0.25) is 0 Å². The average Bonchev–Trinajstić information content (AvgIpc) is 2.84. The average molecular weight is 249 g/mol. The van der Waals surface area contributed by atoms with E-state index in [4.69, 9.17) is 14.2 Å². The van der Waals surface area contributed by atoms with Gasteiger partial charge in [0.15, 0.2) is 0 Å². The molecular weight excluding hydrogens is 230 g/mol. The van der Waals surface area contributed by atoms with E-state index in [0.29, 0.717) is 19.1 Å². The third kappa shape index (κ3) is 2.66. The van der Waals surface area contributed by atoms with E-state index >= 15 is 0 Å². The highest BCUT2D eigenvalue weighted by Gasteiger charge is 2.24. The van der Waals surface area contributed by atoms with E-state index in [0.717, 1.165) is 32.1 Å². The molecule has 0 aliphatic carbocycles. The molecule has 0 spiro atoms. The summed E-state index contributed by atoms with van der Waals surface area (Å²) in [4.78, 5) is 0. The predicted molar refractivity (Wildman–Crippen MR) is 68.1 cm³/mol. The molecule has 4 heteroatoms. The minimum absolute atomic E-state index is 0.191. The maximum absolute atomic E-state index is 5.77. The standard InChI is InChI=1S/C14H19NO3/c1-2-4-14-13(3-1)11(9-18-14)8-16-10-12-7-15-5-6-17-12/h1-4,11-12,15H,5-10H2. The third-order valence-corrected chi connectivity index (χ3v) is 3.43. The van der Waals surface area contributed by atoms with Crippen molar-refractivity contribution in [2.24, 2.45) is 0 Å². The molecule has 3 rings (SSSR count). The number of hydrogen-bond acceptors (Lipinski definition) is 4. The van der Waals surface area contributed by atoms with Crippen molar-refractivity contribution in [3.05, 3.63) is 29.8 Å². The topological polar surface area (TPSA) is 39.7 Å². The normalized spacial score (nSPS) is 26.7. The SMILES string of the molecule is c1ccc2c(c1)OCC2COCC1CNCCO1. The van der Waals surface area contributed by atoms with Crippen LogP contribution in [0.1, 0.15) is 11.5 Å². The number of hydrogen-bond donors (Lipinski definition) is 1. The first-order valence-corrected chi connectivity index (χ1v) is 6.55. The second kappa shape index (κ2) is 5.69. The van der Waals surface area contributed by atoms with Crippen molar-refractivity contribution in [1.29, 1.82) is 0 Å². The molecule has 0 aromatic heterocycles. The summed E-state index contributed by atoms with van der Waals surface area (Å²) in [6.07, 6.45) is 0.191. The lowest BCUT2D eigenvalue weighted by Crippen LogP contribution is -2.41. The van der Waals surface area contributed by atoms with Crippen LogP contribution in [0.15, 0.2) is 24.3 Å². The first-order valence-electron chi connectivity index (χ1n) is 6.55. The van der Waals surface area contributed by atoms with Crippen molar-refractivity contribution >= 4 is 0 Å². The van der Waals surface area contributed by atoms with E-state index in [1.807, 2.05) is 12.1 Å². The van der Waals surface area contributed by atoms with Crippen LogP contribution in [-0.2, 0) is 9.47 Å². The van der Waals surface area contributed by atoms with Gasteiger partial charge in [0.1, 0.15) is 5.75 Å². The zero-order chi connectivity index (χ0) is 12.2. The first-order chi connectivity index (χ1) is 8.93. The van der Waals surface area contributed by atoms with E-state index in [1.54, 1.807) is 0 Å². The molecule has 4 nitrogen and oxygen atoms in total. The number of fused-ring (bicyclic) bond motifs is 1. The highest BCUT2D eigenvalue weighted by molar-refractivity contribution is 5.39. The van der Waals surface area contributed by atoms with Crippen LogP contribution >= 0.6 is 0 Å². The number of ether oxygens (including phenoxy) is 3. The van der Waals surface area contributed by atoms with E-state index in [2.05, 4.69) is 17.4 Å². The van der Waals surface area contributed by atoms with Gasteiger partial charge in [0.25, 0.3) is 0 Å². The van der Waals surface area contributed by atoms with Gasteiger partial charge in [-0.2, -0.15) is 0 Å². The summed E-state index contributed by atoms with van der Waals surface area (Å²) < 4.78 is 17.0. The molecule has 1 aromatic rings. The van der Waals surface area contributed by atoms with Crippen LogP contribution in [0.5, 0.6) is 5.75 Å². The minimum atomic E-state index is 0.191. The van der Waals surface area contributed by atoms with Gasteiger partial charge in [-0.15, -0.1) is 0 Å². The molecule has 0 bridgehead atoms. The van der Waals surface area contributed by atoms with E-state index in [1.165, 1.54) is 5.56 Å². The summed E-state index contributed by atoms with van der Waals surface area (Å²) >= 11 is 0. The largest absolute Gasteiger partial charge is 0.493 e. The van der Waals surface area contributed by atoms with Crippen LogP contribution in [0, 0.1) is 0 Å². The lowest BCUT2D eigenvalue weighted by Gasteiger charge is -2.23. The molecule has 2 aliphatic heterocycles. The van der Waals surface area contributed by atoms with Crippen LogP contribution in [-0.4, -0.2) is 45.6 Å². The lowest BCUT2D eigenvalue weighted by atomic mass is 10.0. The Morgan fingerprint density at radius 1 is 1.28 bits per heavy atom. The van der Waals surface area contributed by atoms with Gasteiger partial charge < -0.3 is 19.5 Å². The zero-order valence-electron chi connectivity index (χ0n) is 10.4. The van der Waals surface area contributed by atoms with Gasteiger partial charge >= 0.3 is 0 Å². The van der Waals surface area contributed by atoms with Crippen LogP contribution in [0.4, 0.5) is 0 Å². The Balaban J connectivity index is 1.47. The van der Waals surface area contributed by atoms with Gasteiger partial charge in [-0.25, -0.2) is 0 Å². The van der Waals surface area contributed by atoms with Crippen LogP contribution in [0.25, 0.3) is 0 Å². The maximum atomic E-state index is 5.77. The molecule has 1 aromatic carbocycles. The molecule has 2 unspecified atom stereocenters. The third-order valence-electron chi connectivity index (χ3n) is 3.43. The fourth-order valence-electron chi connectivity index (χ4n) is 2.44. The van der Waals surface area contributed by atoms with E-state index in [9.17, 15) is 0 Å². The molecule has 1 saturated heterocycles. The van der Waals surface area contributed by atoms with Crippen molar-refractivity contribution in [3.63, 3.8) is 0 Å². The Labute approximate surface area is 107 Å². The maximum Gasteiger partial charge on any atom is 0.123 e. The molecule has 0 saturated carbocycles. The molecular formula is C14H19NO3. The second-order valence-corrected chi connectivity index (χ2v) is 4.78. The summed E-state index contributed by atoms with van der Waals surface area (Å²) in [5.41, 5.74) is 1.26. The van der Waals surface area contributed by atoms with E-state index < -0.39 is 0 Å². The summed E-state index contributed by atoms with van der Waals surface area (Å²) in [6.45, 7) is 4.70. The molecule has 2 aliphatic rings. The number of rotatable bonds is 4.